The second-order valence-electron chi connectivity index (χ2n) is 9.24. The average Bonchev–Trinajstić information content (AvgIpc) is 2.95. The standard InChI is InChI=1S/C30H36ClN3O5S/c1-3-33-40(37,38)27-17-12-23(13-18-27)14-19-28(35)34(22-24-10-15-26(31)16-11-24)29(25-8-5-4-6-9-25)30(36)32-20-7-21-39-2/h4-6,8-13,15-18,29,33H,3,7,14,19-22H2,1-2H3,(H,32,36)/t29-/m1/s1. The minimum Gasteiger partial charge on any atom is -0.385 e. The molecule has 0 saturated carbocycles. The average molecular weight is 586 g/mol. The van der Waals surface area contributed by atoms with E-state index in [4.69, 9.17) is 16.3 Å². The normalized spacial score (nSPS) is 12.1. The van der Waals surface area contributed by atoms with E-state index >= 15 is 0 Å². The molecular weight excluding hydrogens is 550 g/mol. The van der Waals surface area contributed by atoms with Crippen molar-refractivity contribution in [3.05, 3.63) is 101 Å². The number of sulfonamides is 1. The molecule has 3 rings (SSSR count). The summed E-state index contributed by atoms with van der Waals surface area (Å²) in [4.78, 5) is 29.1. The number of hydrogen-bond acceptors (Lipinski definition) is 5. The molecule has 0 aliphatic rings. The summed E-state index contributed by atoms with van der Waals surface area (Å²) in [5.74, 6) is -0.484. The molecule has 2 amide bonds. The van der Waals surface area contributed by atoms with Crippen molar-refractivity contribution >= 4 is 33.4 Å². The van der Waals surface area contributed by atoms with E-state index in [-0.39, 0.29) is 29.7 Å². The summed E-state index contributed by atoms with van der Waals surface area (Å²) in [5, 5.41) is 3.53. The Bertz CT molecular complexity index is 1330. The number of methoxy groups -OCH3 is 1. The van der Waals surface area contributed by atoms with Gasteiger partial charge in [0.25, 0.3) is 0 Å². The van der Waals surface area contributed by atoms with Gasteiger partial charge in [-0.15, -0.1) is 0 Å². The van der Waals surface area contributed by atoms with Crippen molar-refractivity contribution in [1.29, 1.82) is 0 Å². The minimum absolute atomic E-state index is 0.132. The molecule has 0 aliphatic carbocycles. The van der Waals surface area contributed by atoms with Gasteiger partial charge in [0.2, 0.25) is 21.8 Å². The Kier molecular flexibility index (Phi) is 12.1. The molecule has 0 fully saturated rings. The number of rotatable bonds is 15. The third kappa shape index (κ3) is 9.16. The van der Waals surface area contributed by atoms with Gasteiger partial charge in [0.1, 0.15) is 6.04 Å². The molecule has 2 N–H and O–H groups in total. The number of ether oxygens (including phenoxy) is 1. The van der Waals surface area contributed by atoms with Crippen molar-refractivity contribution in [3.63, 3.8) is 0 Å². The van der Waals surface area contributed by atoms with Crippen LogP contribution in [0.2, 0.25) is 5.02 Å². The Balaban J connectivity index is 1.86. The number of benzene rings is 3. The van der Waals surface area contributed by atoms with Gasteiger partial charge in [-0.05, 0) is 53.8 Å². The highest BCUT2D eigenvalue weighted by atomic mass is 35.5. The number of carbonyl (C=O) groups is 2. The largest absolute Gasteiger partial charge is 0.385 e. The van der Waals surface area contributed by atoms with Gasteiger partial charge >= 0.3 is 0 Å². The SMILES string of the molecule is CCNS(=O)(=O)c1ccc(CCC(=O)N(Cc2ccc(Cl)cc2)[C@@H](C(=O)NCCCOC)c2ccccc2)cc1. The van der Waals surface area contributed by atoms with E-state index in [1.54, 1.807) is 43.2 Å². The zero-order valence-corrected chi connectivity index (χ0v) is 24.4. The molecular formula is C30H36ClN3O5S. The van der Waals surface area contributed by atoms with Crippen LogP contribution in [0.15, 0.2) is 83.8 Å². The summed E-state index contributed by atoms with van der Waals surface area (Å²) in [6, 6.07) is 22.0. The fourth-order valence-electron chi connectivity index (χ4n) is 4.25. The van der Waals surface area contributed by atoms with Crippen molar-refractivity contribution in [3.8, 4) is 0 Å². The van der Waals surface area contributed by atoms with Crippen molar-refractivity contribution in [2.45, 2.75) is 43.7 Å². The van der Waals surface area contributed by atoms with Gasteiger partial charge in [-0.1, -0.05) is 73.1 Å². The van der Waals surface area contributed by atoms with Gasteiger partial charge in [0.15, 0.2) is 0 Å². The topological polar surface area (TPSA) is 105 Å². The molecule has 8 nitrogen and oxygen atoms in total. The lowest BCUT2D eigenvalue weighted by atomic mass is 10.0. The Morgan fingerprint density at radius 1 is 0.950 bits per heavy atom. The predicted molar refractivity (Wildman–Crippen MR) is 156 cm³/mol. The fourth-order valence-corrected chi connectivity index (χ4v) is 5.41. The highest BCUT2D eigenvalue weighted by Gasteiger charge is 2.31. The van der Waals surface area contributed by atoms with E-state index in [1.165, 1.54) is 12.1 Å². The molecule has 0 unspecified atom stereocenters. The summed E-state index contributed by atoms with van der Waals surface area (Å²) < 4.78 is 32.1. The quantitative estimate of drug-likeness (QED) is 0.256. The molecule has 0 saturated heterocycles. The number of nitrogens with one attached hydrogen (secondary N) is 2. The monoisotopic (exact) mass is 585 g/mol. The van der Waals surface area contributed by atoms with Crippen LogP contribution in [0.3, 0.4) is 0 Å². The maximum Gasteiger partial charge on any atom is 0.247 e. The van der Waals surface area contributed by atoms with Crippen LogP contribution in [0.5, 0.6) is 0 Å². The Labute approximate surface area is 241 Å². The maximum atomic E-state index is 13.8. The molecule has 214 valence electrons. The van der Waals surface area contributed by atoms with Crippen LogP contribution >= 0.6 is 11.6 Å². The van der Waals surface area contributed by atoms with Crippen LogP contribution in [0, 0.1) is 0 Å². The van der Waals surface area contributed by atoms with Crippen LogP contribution in [0.4, 0.5) is 0 Å². The van der Waals surface area contributed by atoms with E-state index in [0.717, 1.165) is 11.1 Å². The predicted octanol–water partition coefficient (Wildman–Crippen LogP) is 4.49. The highest BCUT2D eigenvalue weighted by Crippen LogP contribution is 2.26. The first-order chi connectivity index (χ1) is 19.2. The van der Waals surface area contributed by atoms with Gasteiger partial charge in [-0.3, -0.25) is 9.59 Å². The lowest BCUT2D eigenvalue weighted by Gasteiger charge is -2.32. The van der Waals surface area contributed by atoms with Gasteiger partial charge in [-0.2, -0.15) is 0 Å². The molecule has 1 atom stereocenters. The van der Waals surface area contributed by atoms with Crippen LogP contribution in [0.25, 0.3) is 0 Å². The van der Waals surface area contributed by atoms with E-state index in [1.807, 2.05) is 42.5 Å². The smallest absolute Gasteiger partial charge is 0.247 e. The first kappa shape index (κ1) is 31.3. The summed E-state index contributed by atoms with van der Waals surface area (Å²) in [5.41, 5.74) is 2.35. The fraction of sp³-hybridized carbons (Fsp3) is 0.333. The van der Waals surface area contributed by atoms with Crippen LogP contribution < -0.4 is 10.0 Å². The van der Waals surface area contributed by atoms with Crippen molar-refractivity contribution in [2.75, 3.05) is 26.8 Å². The molecule has 0 heterocycles. The first-order valence-electron chi connectivity index (χ1n) is 13.2. The molecule has 0 bridgehead atoms. The van der Waals surface area contributed by atoms with Gasteiger partial charge in [0, 0.05) is 44.8 Å². The Morgan fingerprint density at radius 3 is 2.23 bits per heavy atom. The van der Waals surface area contributed by atoms with Gasteiger partial charge in [-0.25, -0.2) is 13.1 Å². The number of halogens is 1. The zero-order chi connectivity index (χ0) is 29.0. The molecule has 0 radical (unpaired) electrons. The summed E-state index contributed by atoms with van der Waals surface area (Å²) in [7, 11) is -1.95. The molecule has 0 aliphatic heterocycles. The highest BCUT2D eigenvalue weighted by molar-refractivity contribution is 7.89. The summed E-state index contributed by atoms with van der Waals surface area (Å²) in [6.45, 7) is 3.15. The Hall–Kier alpha value is -3.24. The molecule has 3 aromatic rings. The lowest BCUT2D eigenvalue weighted by molar-refractivity contribution is -0.141. The summed E-state index contributed by atoms with van der Waals surface area (Å²) >= 11 is 6.08. The van der Waals surface area contributed by atoms with E-state index in [0.29, 0.717) is 43.1 Å². The number of aryl methyl sites for hydroxylation is 1. The minimum atomic E-state index is -3.56. The number of nitrogens with zero attached hydrogens (tertiary/aromatic N) is 1. The molecule has 40 heavy (non-hydrogen) atoms. The van der Waals surface area contributed by atoms with E-state index < -0.39 is 16.1 Å². The number of carbonyl (C=O) groups excluding carboxylic acids is 2. The van der Waals surface area contributed by atoms with Crippen LogP contribution in [-0.4, -0.2) is 51.9 Å². The lowest BCUT2D eigenvalue weighted by Crippen LogP contribution is -2.43. The third-order valence-electron chi connectivity index (χ3n) is 6.28. The third-order valence-corrected chi connectivity index (χ3v) is 8.10. The molecule has 10 heteroatoms. The van der Waals surface area contributed by atoms with Crippen molar-refractivity contribution in [2.24, 2.45) is 0 Å². The van der Waals surface area contributed by atoms with Crippen LogP contribution in [-0.2, 0) is 37.3 Å². The molecule has 0 spiro atoms. The summed E-state index contributed by atoms with van der Waals surface area (Å²) in [6.07, 6.45) is 1.16. The van der Waals surface area contributed by atoms with Crippen molar-refractivity contribution in [1.82, 2.24) is 14.9 Å². The van der Waals surface area contributed by atoms with E-state index in [9.17, 15) is 18.0 Å². The van der Waals surface area contributed by atoms with Crippen LogP contribution in [0.1, 0.15) is 42.5 Å². The zero-order valence-electron chi connectivity index (χ0n) is 22.8. The van der Waals surface area contributed by atoms with Gasteiger partial charge < -0.3 is 15.0 Å². The van der Waals surface area contributed by atoms with Gasteiger partial charge in [0.05, 0.1) is 4.90 Å². The van der Waals surface area contributed by atoms with Crippen molar-refractivity contribution < 1.29 is 22.7 Å². The number of amides is 2. The first-order valence-corrected chi connectivity index (χ1v) is 15.1. The second-order valence-corrected chi connectivity index (χ2v) is 11.4. The van der Waals surface area contributed by atoms with E-state index in [2.05, 4.69) is 10.0 Å². The second kappa shape index (κ2) is 15.5. The molecule has 3 aromatic carbocycles. The molecule has 0 aromatic heterocycles. The maximum absolute atomic E-state index is 13.8. The number of hydrogen-bond donors (Lipinski definition) is 2. The Morgan fingerprint density at radius 2 is 1.60 bits per heavy atom.